The van der Waals surface area contributed by atoms with E-state index in [-0.39, 0.29) is 12.1 Å². The van der Waals surface area contributed by atoms with Gasteiger partial charge in [-0.05, 0) is 43.1 Å². The van der Waals surface area contributed by atoms with Crippen molar-refractivity contribution in [2.45, 2.75) is 52.3 Å². The minimum Gasteiger partial charge on any atom is -0.444 e. The van der Waals surface area contributed by atoms with Gasteiger partial charge in [-0.2, -0.15) is 5.10 Å². The highest BCUT2D eigenvalue weighted by Gasteiger charge is 2.31. The van der Waals surface area contributed by atoms with E-state index in [0.29, 0.717) is 13.1 Å². The molecule has 1 aromatic rings. The van der Waals surface area contributed by atoms with Gasteiger partial charge in [-0.25, -0.2) is 4.79 Å². The summed E-state index contributed by atoms with van der Waals surface area (Å²) in [5, 5.41) is 4.37. The van der Waals surface area contributed by atoms with Gasteiger partial charge in [0, 0.05) is 6.54 Å². The second-order valence-corrected chi connectivity index (χ2v) is 6.66. The van der Waals surface area contributed by atoms with E-state index < -0.39 is 5.60 Å². The van der Waals surface area contributed by atoms with Crippen molar-refractivity contribution in [1.29, 1.82) is 0 Å². The van der Waals surface area contributed by atoms with Gasteiger partial charge in [0.25, 0.3) is 0 Å². The van der Waals surface area contributed by atoms with E-state index in [9.17, 15) is 4.79 Å². The van der Waals surface area contributed by atoms with Gasteiger partial charge in [-0.15, -0.1) is 0 Å². The minimum absolute atomic E-state index is 0.211. The molecule has 0 fully saturated rings. The van der Waals surface area contributed by atoms with Crippen molar-refractivity contribution in [1.82, 2.24) is 14.7 Å². The zero-order chi connectivity index (χ0) is 14.2. The average molecular weight is 330 g/mol. The molecule has 2 rings (SSSR count). The maximum Gasteiger partial charge on any atom is 0.410 e. The SMILES string of the molecule is CCC1CN(C(=O)OC(C)(C)C)Cc2c(Br)cnn21. The Morgan fingerprint density at radius 3 is 2.84 bits per heavy atom. The highest BCUT2D eigenvalue weighted by atomic mass is 79.9. The van der Waals surface area contributed by atoms with E-state index in [2.05, 4.69) is 28.0 Å². The van der Waals surface area contributed by atoms with Crippen LogP contribution in [0.1, 0.15) is 45.9 Å². The van der Waals surface area contributed by atoms with E-state index in [1.165, 1.54) is 0 Å². The predicted octanol–water partition coefficient (Wildman–Crippen LogP) is 3.35. The summed E-state index contributed by atoms with van der Waals surface area (Å²) in [5.74, 6) is 0. The summed E-state index contributed by atoms with van der Waals surface area (Å²) in [5.41, 5.74) is 0.567. The molecule has 106 valence electrons. The molecule has 5 nitrogen and oxygen atoms in total. The quantitative estimate of drug-likeness (QED) is 0.793. The number of aromatic nitrogens is 2. The Kier molecular flexibility index (Phi) is 3.90. The van der Waals surface area contributed by atoms with Crippen molar-refractivity contribution in [3.63, 3.8) is 0 Å². The Bertz CT molecular complexity index is 479. The van der Waals surface area contributed by atoms with Crippen LogP contribution in [-0.2, 0) is 11.3 Å². The molecule has 0 radical (unpaired) electrons. The molecule has 0 aromatic carbocycles. The molecule has 1 atom stereocenters. The molecule has 1 aliphatic heterocycles. The molecule has 1 aromatic heterocycles. The first-order valence-electron chi connectivity index (χ1n) is 6.51. The lowest BCUT2D eigenvalue weighted by atomic mass is 10.1. The monoisotopic (exact) mass is 329 g/mol. The number of ether oxygens (including phenoxy) is 1. The third kappa shape index (κ3) is 3.11. The maximum atomic E-state index is 12.2. The first-order valence-corrected chi connectivity index (χ1v) is 7.31. The first-order chi connectivity index (χ1) is 8.81. The Morgan fingerprint density at radius 2 is 2.26 bits per heavy atom. The number of fused-ring (bicyclic) bond motifs is 1. The summed E-state index contributed by atoms with van der Waals surface area (Å²) in [4.78, 5) is 13.9. The van der Waals surface area contributed by atoms with Gasteiger partial charge < -0.3 is 9.64 Å². The predicted molar refractivity (Wildman–Crippen MR) is 75.9 cm³/mol. The minimum atomic E-state index is -0.465. The highest BCUT2D eigenvalue weighted by Crippen LogP contribution is 2.29. The third-order valence-electron chi connectivity index (χ3n) is 3.09. The Labute approximate surface area is 122 Å². The van der Waals surface area contributed by atoms with Gasteiger partial charge in [-0.3, -0.25) is 4.68 Å². The molecule has 2 heterocycles. The number of hydrogen-bond acceptors (Lipinski definition) is 3. The fourth-order valence-corrected chi connectivity index (χ4v) is 2.57. The van der Waals surface area contributed by atoms with Gasteiger partial charge in [0.1, 0.15) is 5.60 Å². The Morgan fingerprint density at radius 1 is 1.58 bits per heavy atom. The molecule has 0 saturated heterocycles. The van der Waals surface area contributed by atoms with Crippen molar-refractivity contribution in [3.8, 4) is 0 Å². The summed E-state index contributed by atoms with van der Waals surface area (Å²) >= 11 is 3.48. The van der Waals surface area contributed by atoms with Crippen molar-refractivity contribution >= 4 is 22.0 Å². The largest absolute Gasteiger partial charge is 0.444 e. The second kappa shape index (κ2) is 5.15. The van der Waals surface area contributed by atoms with Gasteiger partial charge in [0.15, 0.2) is 0 Å². The number of nitrogens with zero attached hydrogens (tertiary/aromatic N) is 3. The number of amides is 1. The standard InChI is InChI=1S/C13H20BrN3O2/c1-5-9-7-16(12(18)19-13(2,3)4)8-11-10(14)6-15-17(9)11/h6,9H,5,7-8H2,1-4H3. The van der Waals surface area contributed by atoms with Crippen LogP contribution in [0.3, 0.4) is 0 Å². The van der Waals surface area contributed by atoms with Gasteiger partial charge in [-0.1, -0.05) is 6.92 Å². The summed E-state index contributed by atoms with van der Waals surface area (Å²) in [7, 11) is 0. The summed E-state index contributed by atoms with van der Waals surface area (Å²) in [6.07, 6.45) is 2.46. The van der Waals surface area contributed by atoms with E-state index in [1.807, 2.05) is 25.5 Å². The van der Waals surface area contributed by atoms with Crippen LogP contribution in [0, 0.1) is 0 Å². The van der Waals surface area contributed by atoms with Crippen LogP contribution in [0.2, 0.25) is 0 Å². The Balaban J connectivity index is 2.19. The molecule has 0 aliphatic carbocycles. The lowest BCUT2D eigenvalue weighted by molar-refractivity contribution is 0.0157. The summed E-state index contributed by atoms with van der Waals surface area (Å²) in [6, 6.07) is 0.211. The Hall–Kier alpha value is -1.04. The van der Waals surface area contributed by atoms with E-state index in [1.54, 1.807) is 11.1 Å². The van der Waals surface area contributed by atoms with E-state index >= 15 is 0 Å². The van der Waals surface area contributed by atoms with Crippen LogP contribution < -0.4 is 0 Å². The van der Waals surface area contributed by atoms with Gasteiger partial charge in [0.2, 0.25) is 0 Å². The number of carbonyl (C=O) groups is 1. The molecule has 1 aliphatic rings. The fourth-order valence-electron chi connectivity index (χ4n) is 2.17. The first kappa shape index (κ1) is 14.4. The molecule has 1 amide bonds. The maximum absolute atomic E-state index is 12.2. The molecule has 0 saturated carbocycles. The zero-order valence-corrected chi connectivity index (χ0v) is 13.4. The van der Waals surface area contributed by atoms with Crippen molar-refractivity contribution in [3.05, 3.63) is 16.4 Å². The topological polar surface area (TPSA) is 47.4 Å². The zero-order valence-electron chi connectivity index (χ0n) is 11.8. The van der Waals surface area contributed by atoms with Crippen molar-refractivity contribution in [2.24, 2.45) is 0 Å². The average Bonchev–Trinajstić information content (AvgIpc) is 2.68. The number of rotatable bonds is 1. The van der Waals surface area contributed by atoms with E-state index in [0.717, 1.165) is 16.6 Å². The molecule has 0 spiro atoms. The number of halogens is 1. The van der Waals surface area contributed by atoms with Crippen LogP contribution in [0.5, 0.6) is 0 Å². The highest BCUT2D eigenvalue weighted by molar-refractivity contribution is 9.10. The molecule has 0 bridgehead atoms. The van der Waals surface area contributed by atoms with Crippen LogP contribution in [0.25, 0.3) is 0 Å². The smallest absolute Gasteiger partial charge is 0.410 e. The lowest BCUT2D eigenvalue weighted by Crippen LogP contribution is -2.43. The molecule has 1 unspecified atom stereocenters. The van der Waals surface area contributed by atoms with Crippen molar-refractivity contribution in [2.75, 3.05) is 6.54 Å². The molecular weight excluding hydrogens is 310 g/mol. The summed E-state index contributed by atoms with van der Waals surface area (Å²) in [6.45, 7) is 8.92. The fraction of sp³-hybridized carbons (Fsp3) is 0.692. The van der Waals surface area contributed by atoms with Crippen LogP contribution >= 0.6 is 15.9 Å². The second-order valence-electron chi connectivity index (χ2n) is 5.81. The summed E-state index contributed by atoms with van der Waals surface area (Å²) < 4.78 is 8.39. The van der Waals surface area contributed by atoms with Gasteiger partial charge >= 0.3 is 6.09 Å². The number of hydrogen-bond donors (Lipinski definition) is 0. The molecule has 0 N–H and O–H groups in total. The third-order valence-corrected chi connectivity index (χ3v) is 3.75. The van der Waals surface area contributed by atoms with Crippen LogP contribution in [0.4, 0.5) is 4.79 Å². The van der Waals surface area contributed by atoms with Gasteiger partial charge in [0.05, 0.1) is 29.0 Å². The van der Waals surface area contributed by atoms with Crippen LogP contribution in [-0.4, -0.2) is 32.9 Å². The van der Waals surface area contributed by atoms with E-state index in [4.69, 9.17) is 4.74 Å². The molecular formula is C13H20BrN3O2. The lowest BCUT2D eigenvalue weighted by Gasteiger charge is -2.34. The van der Waals surface area contributed by atoms with Crippen molar-refractivity contribution < 1.29 is 9.53 Å². The molecule has 6 heteroatoms. The molecule has 19 heavy (non-hydrogen) atoms. The van der Waals surface area contributed by atoms with Crippen LogP contribution in [0.15, 0.2) is 10.7 Å². The number of carbonyl (C=O) groups excluding carboxylic acids is 1. The normalized spacial score (nSPS) is 19.2.